The third-order valence-corrected chi connectivity index (χ3v) is 6.03. The van der Waals surface area contributed by atoms with E-state index in [4.69, 9.17) is 0 Å². The van der Waals surface area contributed by atoms with Gasteiger partial charge in [0.05, 0.1) is 5.56 Å². The van der Waals surface area contributed by atoms with E-state index >= 15 is 0 Å². The SMILES string of the molecule is CC1CCc2c(sc(/N=C/c3c(O)ccc4ccccc34)c2C#N)C1. The predicted molar refractivity (Wildman–Crippen MR) is 103 cm³/mol. The Balaban J connectivity index is 1.79. The summed E-state index contributed by atoms with van der Waals surface area (Å²) in [6.07, 6.45) is 4.82. The Morgan fingerprint density at radius 2 is 2.12 bits per heavy atom. The number of nitrogens with zero attached hydrogens (tertiary/aromatic N) is 2. The fraction of sp³-hybridized carbons (Fsp3) is 0.238. The molecule has 2 aromatic carbocycles. The molecule has 1 N–H and O–H groups in total. The van der Waals surface area contributed by atoms with Crippen molar-refractivity contribution >= 4 is 33.3 Å². The molecule has 124 valence electrons. The van der Waals surface area contributed by atoms with Crippen molar-refractivity contribution in [3.63, 3.8) is 0 Å². The molecule has 1 unspecified atom stereocenters. The normalized spacial score (nSPS) is 16.9. The van der Waals surface area contributed by atoms with Gasteiger partial charge in [0.2, 0.25) is 0 Å². The molecule has 0 saturated carbocycles. The number of phenolic OH excluding ortho intramolecular Hbond substituents is 1. The summed E-state index contributed by atoms with van der Waals surface area (Å²) in [6, 6.07) is 13.8. The van der Waals surface area contributed by atoms with Crippen molar-refractivity contribution in [2.75, 3.05) is 0 Å². The highest BCUT2D eigenvalue weighted by Crippen LogP contribution is 2.41. The fourth-order valence-corrected chi connectivity index (χ4v) is 4.79. The zero-order valence-corrected chi connectivity index (χ0v) is 14.8. The molecule has 0 amide bonds. The second kappa shape index (κ2) is 6.34. The van der Waals surface area contributed by atoms with Crippen LogP contribution in [0.15, 0.2) is 41.4 Å². The van der Waals surface area contributed by atoms with Crippen LogP contribution in [-0.4, -0.2) is 11.3 Å². The average molecular weight is 346 g/mol. The standard InChI is InChI=1S/C21H18N2OS/c1-13-6-8-16-17(11-22)21(25-20(16)10-13)23-12-18-15-5-3-2-4-14(15)7-9-19(18)24/h2-5,7,9,12-13,24H,6,8,10H2,1H3/b23-12+. The summed E-state index contributed by atoms with van der Waals surface area (Å²) in [7, 11) is 0. The number of aromatic hydroxyl groups is 1. The minimum Gasteiger partial charge on any atom is -0.507 e. The highest BCUT2D eigenvalue weighted by molar-refractivity contribution is 7.16. The molecule has 4 heteroatoms. The van der Waals surface area contributed by atoms with Gasteiger partial charge >= 0.3 is 0 Å². The van der Waals surface area contributed by atoms with Crippen LogP contribution >= 0.6 is 11.3 Å². The lowest BCUT2D eigenvalue weighted by Gasteiger charge is -2.17. The summed E-state index contributed by atoms with van der Waals surface area (Å²) in [4.78, 5) is 5.90. The summed E-state index contributed by atoms with van der Waals surface area (Å²) in [5.74, 6) is 0.868. The number of thiophene rings is 1. The van der Waals surface area contributed by atoms with Gasteiger partial charge in [-0.2, -0.15) is 5.26 Å². The van der Waals surface area contributed by atoms with Crippen molar-refractivity contribution in [3.05, 3.63) is 58.0 Å². The Labute approximate surface area is 150 Å². The molecule has 0 bridgehead atoms. The van der Waals surface area contributed by atoms with Gasteiger partial charge in [-0.15, -0.1) is 11.3 Å². The maximum absolute atomic E-state index is 10.3. The van der Waals surface area contributed by atoms with E-state index in [-0.39, 0.29) is 5.75 Å². The van der Waals surface area contributed by atoms with E-state index in [0.29, 0.717) is 17.0 Å². The van der Waals surface area contributed by atoms with Gasteiger partial charge in [-0.3, -0.25) is 0 Å². The van der Waals surface area contributed by atoms with Gasteiger partial charge in [0.1, 0.15) is 16.8 Å². The number of hydrogen-bond donors (Lipinski definition) is 1. The molecule has 0 radical (unpaired) electrons. The summed E-state index contributed by atoms with van der Waals surface area (Å²) >= 11 is 1.62. The maximum atomic E-state index is 10.3. The number of fused-ring (bicyclic) bond motifs is 2. The molecule has 1 aromatic heterocycles. The first-order chi connectivity index (χ1) is 12.2. The van der Waals surface area contributed by atoms with Gasteiger partial charge in [0, 0.05) is 16.7 Å². The van der Waals surface area contributed by atoms with Crippen molar-refractivity contribution in [1.82, 2.24) is 0 Å². The van der Waals surface area contributed by atoms with Crippen molar-refractivity contribution in [3.8, 4) is 11.8 Å². The maximum Gasteiger partial charge on any atom is 0.134 e. The van der Waals surface area contributed by atoms with Crippen LogP contribution in [0.4, 0.5) is 5.00 Å². The number of benzene rings is 2. The van der Waals surface area contributed by atoms with Crippen molar-refractivity contribution in [1.29, 1.82) is 5.26 Å². The van der Waals surface area contributed by atoms with Crippen molar-refractivity contribution in [2.24, 2.45) is 10.9 Å². The molecular formula is C21H18N2OS. The Bertz CT molecular complexity index is 1030. The van der Waals surface area contributed by atoms with E-state index in [0.717, 1.165) is 35.0 Å². The molecule has 0 saturated heterocycles. The zero-order valence-electron chi connectivity index (χ0n) is 14.0. The molecule has 0 fully saturated rings. The number of nitriles is 1. The van der Waals surface area contributed by atoms with Gasteiger partial charge in [0.15, 0.2) is 0 Å². The minimum atomic E-state index is 0.205. The highest BCUT2D eigenvalue weighted by atomic mass is 32.1. The van der Waals surface area contributed by atoms with Crippen LogP contribution in [0.1, 0.15) is 34.9 Å². The first kappa shape index (κ1) is 15.9. The molecule has 4 rings (SSSR count). The average Bonchev–Trinajstić information content (AvgIpc) is 2.97. The predicted octanol–water partition coefficient (Wildman–Crippen LogP) is 5.35. The summed E-state index contributed by atoms with van der Waals surface area (Å²) in [5, 5.41) is 22.6. The topological polar surface area (TPSA) is 56.4 Å². The van der Waals surface area contributed by atoms with Crippen molar-refractivity contribution in [2.45, 2.75) is 26.2 Å². The number of phenols is 1. The van der Waals surface area contributed by atoms with Gasteiger partial charge < -0.3 is 5.11 Å². The molecule has 1 atom stereocenters. The lowest BCUT2D eigenvalue weighted by atomic mass is 9.89. The fourth-order valence-electron chi connectivity index (χ4n) is 3.49. The Morgan fingerprint density at radius 1 is 1.28 bits per heavy atom. The Hall–Kier alpha value is -2.64. The molecule has 1 heterocycles. The van der Waals surface area contributed by atoms with Crippen LogP contribution in [0.3, 0.4) is 0 Å². The second-order valence-electron chi connectivity index (χ2n) is 6.62. The van der Waals surface area contributed by atoms with Crippen molar-refractivity contribution < 1.29 is 5.11 Å². The number of aliphatic imine (C=N–C) groups is 1. The number of rotatable bonds is 2. The highest BCUT2D eigenvalue weighted by Gasteiger charge is 2.23. The van der Waals surface area contributed by atoms with E-state index in [1.165, 1.54) is 10.4 Å². The first-order valence-electron chi connectivity index (χ1n) is 8.46. The minimum absolute atomic E-state index is 0.205. The quantitative estimate of drug-likeness (QED) is 0.636. The van der Waals surface area contributed by atoms with E-state index in [9.17, 15) is 10.4 Å². The van der Waals surface area contributed by atoms with E-state index < -0.39 is 0 Å². The van der Waals surface area contributed by atoms with Crippen LogP contribution in [-0.2, 0) is 12.8 Å². The molecule has 1 aliphatic carbocycles. The monoisotopic (exact) mass is 346 g/mol. The smallest absolute Gasteiger partial charge is 0.134 e. The number of hydrogen-bond acceptors (Lipinski definition) is 4. The van der Waals surface area contributed by atoms with Crippen LogP contribution in [0.5, 0.6) is 5.75 Å². The van der Waals surface area contributed by atoms with Crippen LogP contribution in [0.25, 0.3) is 10.8 Å². The van der Waals surface area contributed by atoms with E-state index in [1.807, 2.05) is 30.3 Å². The summed E-state index contributed by atoms with van der Waals surface area (Å²) in [5.41, 5.74) is 2.59. The summed E-state index contributed by atoms with van der Waals surface area (Å²) in [6.45, 7) is 2.26. The Kier molecular flexibility index (Phi) is 4.03. The lowest BCUT2D eigenvalue weighted by Crippen LogP contribution is -2.09. The third-order valence-electron chi connectivity index (χ3n) is 4.86. The van der Waals surface area contributed by atoms with Crippen LogP contribution < -0.4 is 0 Å². The molecular weight excluding hydrogens is 328 g/mol. The van der Waals surface area contributed by atoms with Crippen LogP contribution in [0.2, 0.25) is 0 Å². The van der Waals surface area contributed by atoms with Gasteiger partial charge in [-0.05, 0) is 47.6 Å². The molecule has 1 aliphatic rings. The molecule has 3 nitrogen and oxygen atoms in total. The van der Waals surface area contributed by atoms with E-state index in [2.05, 4.69) is 18.0 Å². The first-order valence-corrected chi connectivity index (χ1v) is 9.28. The molecule has 0 spiro atoms. The lowest BCUT2D eigenvalue weighted by molar-refractivity contribution is 0.475. The van der Waals surface area contributed by atoms with Gasteiger partial charge in [-0.25, -0.2) is 4.99 Å². The molecule has 25 heavy (non-hydrogen) atoms. The zero-order chi connectivity index (χ0) is 17.4. The van der Waals surface area contributed by atoms with Crippen LogP contribution in [0, 0.1) is 17.2 Å². The molecule has 0 aliphatic heterocycles. The third kappa shape index (κ3) is 2.81. The van der Waals surface area contributed by atoms with E-state index in [1.54, 1.807) is 23.6 Å². The van der Waals surface area contributed by atoms with Gasteiger partial charge in [-0.1, -0.05) is 37.3 Å². The van der Waals surface area contributed by atoms with Gasteiger partial charge in [0.25, 0.3) is 0 Å². The summed E-state index contributed by atoms with van der Waals surface area (Å²) < 4.78 is 0. The molecule has 3 aromatic rings. The largest absolute Gasteiger partial charge is 0.507 e. The Morgan fingerprint density at radius 3 is 2.96 bits per heavy atom. The second-order valence-corrected chi connectivity index (χ2v) is 7.71.